The lowest BCUT2D eigenvalue weighted by molar-refractivity contribution is 0.560. The van der Waals surface area contributed by atoms with Gasteiger partial charge in [-0.05, 0) is 44.0 Å². The average molecular weight is 279 g/mol. The molecule has 1 unspecified atom stereocenters. The van der Waals surface area contributed by atoms with Crippen LogP contribution in [0.3, 0.4) is 0 Å². The number of nitrogens with zero attached hydrogens (tertiary/aromatic N) is 1. The Hall–Kier alpha value is -2.13. The minimum Gasteiger partial charge on any atom is -0.341 e. The van der Waals surface area contributed by atoms with E-state index in [4.69, 9.17) is 0 Å². The van der Waals surface area contributed by atoms with Gasteiger partial charge in [0.25, 0.3) is 0 Å². The summed E-state index contributed by atoms with van der Waals surface area (Å²) >= 11 is 0. The molecule has 0 amide bonds. The zero-order valence-corrected chi connectivity index (χ0v) is 12.8. The van der Waals surface area contributed by atoms with E-state index in [-0.39, 0.29) is 0 Å². The number of para-hydroxylation sites is 2. The molecule has 3 heteroatoms. The van der Waals surface area contributed by atoms with Crippen molar-refractivity contribution >= 4 is 11.0 Å². The molecule has 0 radical (unpaired) electrons. The summed E-state index contributed by atoms with van der Waals surface area (Å²) in [6.45, 7) is 7.23. The van der Waals surface area contributed by atoms with Crippen LogP contribution in [0.4, 0.5) is 0 Å². The van der Waals surface area contributed by atoms with Crippen LogP contribution in [-0.4, -0.2) is 9.97 Å². The fourth-order valence-corrected chi connectivity index (χ4v) is 2.76. The van der Waals surface area contributed by atoms with Gasteiger partial charge < -0.3 is 10.3 Å². The third-order valence-corrected chi connectivity index (χ3v) is 3.91. The number of aryl methyl sites for hydroxylation is 2. The summed E-state index contributed by atoms with van der Waals surface area (Å²) in [7, 11) is 0. The van der Waals surface area contributed by atoms with Gasteiger partial charge in [-0.3, -0.25) is 0 Å². The molecule has 0 saturated carbocycles. The molecule has 3 rings (SSSR count). The topological polar surface area (TPSA) is 40.7 Å². The lowest BCUT2D eigenvalue weighted by Gasteiger charge is -2.16. The van der Waals surface area contributed by atoms with Crippen LogP contribution < -0.4 is 5.32 Å². The first-order chi connectivity index (χ1) is 10.1. The Balaban J connectivity index is 1.71. The Labute approximate surface area is 125 Å². The van der Waals surface area contributed by atoms with Gasteiger partial charge in [0.05, 0.1) is 17.6 Å². The summed E-state index contributed by atoms with van der Waals surface area (Å²) < 4.78 is 0. The first kappa shape index (κ1) is 13.8. The fraction of sp³-hybridized carbons (Fsp3) is 0.278. The predicted octanol–water partition coefficient (Wildman–Crippen LogP) is 4.03. The second-order valence-electron chi connectivity index (χ2n) is 5.66. The van der Waals surface area contributed by atoms with Crippen molar-refractivity contribution in [1.82, 2.24) is 15.3 Å². The maximum absolute atomic E-state index is 4.60. The van der Waals surface area contributed by atoms with Gasteiger partial charge in [-0.1, -0.05) is 35.9 Å². The van der Waals surface area contributed by atoms with E-state index < -0.39 is 0 Å². The van der Waals surface area contributed by atoms with E-state index in [1.807, 2.05) is 18.2 Å². The van der Waals surface area contributed by atoms with Crippen LogP contribution in [0.5, 0.6) is 0 Å². The van der Waals surface area contributed by atoms with Gasteiger partial charge in [0.15, 0.2) is 0 Å². The highest BCUT2D eigenvalue weighted by atomic mass is 15.0. The van der Waals surface area contributed by atoms with Crippen molar-refractivity contribution in [2.75, 3.05) is 0 Å². The first-order valence-electron chi connectivity index (χ1n) is 7.37. The normalized spacial score (nSPS) is 12.7. The molecule has 0 aliphatic carbocycles. The van der Waals surface area contributed by atoms with Crippen molar-refractivity contribution < 1.29 is 0 Å². The van der Waals surface area contributed by atoms with E-state index in [2.05, 4.69) is 60.3 Å². The van der Waals surface area contributed by atoms with Crippen LogP contribution in [-0.2, 0) is 6.54 Å². The quantitative estimate of drug-likeness (QED) is 0.757. The second kappa shape index (κ2) is 5.70. The number of nitrogens with one attached hydrogen (secondary N) is 2. The number of benzene rings is 2. The number of H-pyrrole nitrogens is 1. The summed E-state index contributed by atoms with van der Waals surface area (Å²) in [4.78, 5) is 7.95. The highest BCUT2D eigenvalue weighted by Gasteiger charge is 2.09. The Morgan fingerprint density at radius 2 is 1.95 bits per heavy atom. The standard InChI is InChI=1S/C18H21N3/c1-12-8-9-15(13(2)10-12)14(3)19-11-18-20-16-6-4-5-7-17(16)21-18/h4-10,14,19H,11H2,1-3H3,(H,20,21). The third-order valence-electron chi connectivity index (χ3n) is 3.91. The van der Waals surface area contributed by atoms with E-state index in [9.17, 15) is 0 Å². The van der Waals surface area contributed by atoms with Crippen molar-refractivity contribution in [3.8, 4) is 0 Å². The Morgan fingerprint density at radius 3 is 2.71 bits per heavy atom. The van der Waals surface area contributed by atoms with Gasteiger partial charge >= 0.3 is 0 Å². The Morgan fingerprint density at radius 1 is 1.14 bits per heavy atom. The Bertz CT molecular complexity index is 725. The number of aromatic amines is 1. The van der Waals surface area contributed by atoms with Crippen molar-refractivity contribution in [3.63, 3.8) is 0 Å². The Kier molecular flexibility index (Phi) is 3.76. The molecule has 2 aromatic carbocycles. The maximum atomic E-state index is 4.60. The minimum absolute atomic E-state index is 0.304. The molecule has 1 heterocycles. The van der Waals surface area contributed by atoms with Gasteiger partial charge in [0.1, 0.15) is 5.82 Å². The number of hydrogen-bond acceptors (Lipinski definition) is 2. The van der Waals surface area contributed by atoms with Crippen LogP contribution in [0.15, 0.2) is 42.5 Å². The van der Waals surface area contributed by atoms with Crippen LogP contribution in [0.1, 0.15) is 35.5 Å². The van der Waals surface area contributed by atoms with Gasteiger partial charge in [-0.15, -0.1) is 0 Å². The molecule has 2 N–H and O–H groups in total. The molecule has 108 valence electrons. The zero-order chi connectivity index (χ0) is 14.8. The van der Waals surface area contributed by atoms with E-state index in [1.165, 1.54) is 16.7 Å². The van der Waals surface area contributed by atoms with E-state index >= 15 is 0 Å². The second-order valence-corrected chi connectivity index (χ2v) is 5.66. The lowest BCUT2D eigenvalue weighted by Crippen LogP contribution is -2.19. The van der Waals surface area contributed by atoms with Crippen molar-refractivity contribution in [2.45, 2.75) is 33.4 Å². The summed E-state index contributed by atoms with van der Waals surface area (Å²) in [5.41, 5.74) is 6.10. The van der Waals surface area contributed by atoms with Crippen molar-refractivity contribution in [2.24, 2.45) is 0 Å². The molecule has 21 heavy (non-hydrogen) atoms. The minimum atomic E-state index is 0.304. The van der Waals surface area contributed by atoms with Gasteiger partial charge in [-0.25, -0.2) is 4.98 Å². The molecule has 0 saturated heterocycles. The maximum Gasteiger partial charge on any atom is 0.121 e. The molecule has 1 atom stereocenters. The molecule has 3 aromatic rings. The highest BCUT2D eigenvalue weighted by Crippen LogP contribution is 2.19. The number of hydrogen-bond donors (Lipinski definition) is 2. The van der Waals surface area contributed by atoms with E-state index in [0.29, 0.717) is 6.04 Å². The average Bonchev–Trinajstić information content (AvgIpc) is 2.87. The van der Waals surface area contributed by atoms with E-state index in [1.54, 1.807) is 0 Å². The van der Waals surface area contributed by atoms with Gasteiger partial charge in [0.2, 0.25) is 0 Å². The summed E-state index contributed by atoms with van der Waals surface area (Å²) in [5, 5.41) is 3.54. The summed E-state index contributed by atoms with van der Waals surface area (Å²) in [5.74, 6) is 0.979. The van der Waals surface area contributed by atoms with E-state index in [0.717, 1.165) is 23.4 Å². The fourth-order valence-electron chi connectivity index (χ4n) is 2.76. The number of imidazole rings is 1. The van der Waals surface area contributed by atoms with Crippen molar-refractivity contribution in [3.05, 3.63) is 65.0 Å². The molecular formula is C18H21N3. The lowest BCUT2D eigenvalue weighted by atomic mass is 10.0. The third kappa shape index (κ3) is 2.98. The monoisotopic (exact) mass is 279 g/mol. The molecule has 0 aliphatic heterocycles. The van der Waals surface area contributed by atoms with Gasteiger partial charge in [-0.2, -0.15) is 0 Å². The van der Waals surface area contributed by atoms with Crippen LogP contribution in [0.2, 0.25) is 0 Å². The van der Waals surface area contributed by atoms with Crippen LogP contribution in [0.25, 0.3) is 11.0 Å². The number of rotatable bonds is 4. The summed E-state index contributed by atoms with van der Waals surface area (Å²) in [6, 6.07) is 15.0. The zero-order valence-electron chi connectivity index (χ0n) is 12.8. The largest absolute Gasteiger partial charge is 0.341 e. The molecule has 3 nitrogen and oxygen atoms in total. The molecule has 0 bridgehead atoms. The van der Waals surface area contributed by atoms with Crippen LogP contribution in [0, 0.1) is 13.8 Å². The highest BCUT2D eigenvalue weighted by molar-refractivity contribution is 5.74. The summed E-state index contributed by atoms with van der Waals surface area (Å²) in [6.07, 6.45) is 0. The molecule has 0 spiro atoms. The molecule has 1 aromatic heterocycles. The molecule has 0 aliphatic rings. The molecular weight excluding hydrogens is 258 g/mol. The first-order valence-corrected chi connectivity index (χ1v) is 7.37. The smallest absolute Gasteiger partial charge is 0.121 e. The number of aromatic nitrogens is 2. The molecule has 0 fully saturated rings. The number of fused-ring (bicyclic) bond motifs is 1. The van der Waals surface area contributed by atoms with Gasteiger partial charge in [0, 0.05) is 6.04 Å². The van der Waals surface area contributed by atoms with Crippen molar-refractivity contribution in [1.29, 1.82) is 0 Å². The predicted molar refractivity (Wildman–Crippen MR) is 87.3 cm³/mol. The van der Waals surface area contributed by atoms with Crippen LogP contribution >= 0.6 is 0 Å². The SMILES string of the molecule is Cc1ccc(C(C)NCc2nc3ccccc3[nH]2)c(C)c1.